The van der Waals surface area contributed by atoms with Crippen molar-refractivity contribution in [3.8, 4) is 5.75 Å². The maximum absolute atomic E-state index is 10.2. The average molecular weight is 286 g/mol. The Hall–Kier alpha value is -1.84. The van der Waals surface area contributed by atoms with Crippen molar-refractivity contribution in [1.82, 2.24) is 0 Å². The third kappa shape index (κ3) is 4.59. The SMILES string of the molecule is CCc1ccc(C(O)COc2cccc(COC)c2)cc1. The predicted octanol–water partition coefficient (Wildman–Crippen LogP) is 3.51. The van der Waals surface area contributed by atoms with Gasteiger partial charge in [-0.1, -0.05) is 43.3 Å². The topological polar surface area (TPSA) is 38.7 Å². The van der Waals surface area contributed by atoms with E-state index in [-0.39, 0.29) is 6.61 Å². The third-order valence-corrected chi connectivity index (χ3v) is 3.39. The number of aliphatic hydroxyl groups is 1. The number of rotatable bonds is 7. The van der Waals surface area contributed by atoms with Crippen LogP contribution in [0.5, 0.6) is 5.75 Å². The Morgan fingerprint density at radius 2 is 1.81 bits per heavy atom. The molecule has 0 aliphatic carbocycles. The van der Waals surface area contributed by atoms with E-state index in [0.29, 0.717) is 6.61 Å². The number of aliphatic hydroxyl groups excluding tert-OH is 1. The van der Waals surface area contributed by atoms with E-state index in [1.54, 1.807) is 7.11 Å². The first-order valence-electron chi connectivity index (χ1n) is 7.20. The first-order valence-corrected chi connectivity index (χ1v) is 7.20. The Kier molecular flexibility index (Phi) is 5.78. The fourth-order valence-corrected chi connectivity index (χ4v) is 2.14. The summed E-state index contributed by atoms with van der Waals surface area (Å²) in [5.74, 6) is 0.744. The molecular weight excluding hydrogens is 264 g/mol. The molecule has 3 heteroatoms. The zero-order valence-electron chi connectivity index (χ0n) is 12.6. The van der Waals surface area contributed by atoms with E-state index in [0.717, 1.165) is 23.3 Å². The van der Waals surface area contributed by atoms with Gasteiger partial charge in [0.15, 0.2) is 0 Å². The number of hydrogen-bond acceptors (Lipinski definition) is 3. The standard InChI is InChI=1S/C18H22O3/c1-3-14-7-9-16(10-8-14)18(19)13-21-17-6-4-5-15(11-17)12-20-2/h4-11,18-19H,3,12-13H2,1-2H3. The minimum absolute atomic E-state index is 0.238. The van der Waals surface area contributed by atoms with E-state index in [9.17, 15) is 5.11 Å². The number of hydrogen-bond donors (Lipinski definition) is 1. The van der Waals surface area contributed by atoms with Crippen molar-refractivity contribution in [2.45, 2.75) is 26.1 Å². The normalized spacial score (nSPS) is 12.1. The van der Waals surface area contributed by atoms with Crippen molar-refractivity contribution in [2.24, 2.45) is 0 Å². The lowest BCUT2D eigenvalue weighted by molar-refractivity contribution is 0.108. The third-order valence-electron chi connectivity index (χ3n) is 3.39. The summed E-state index contributed by atoms with van der Waals surface area (Å²) < 4.78 is 10.8. The van der Waals surface area contributed by atoms with E-state index in [4.69, 9.17) is 9.47 Å². The zero-order valence-corrected chi connectivity index (χ0v) is 12.6. The van der Waals surface area contributed by atoms with E-state index in [1.807, 2.05) is 48.5 Å². The van der Waals surface area contributed by atoms with Crippen LogP contribution in [0.3, 0.4) is 0 Å². The van der Waals surface area contributed by atoms with Crippen LogP contribution in [-0.2, 0) is 17.8 Å². The molecule has 0 saturated heterocycles. The molecule has 1 N–H and O–H groups in total. The highest BCUT2D eigenvalue weighted by molar-refractivity contribution is 5.28. The molecule has 2 aromatic carbocycles. The lowest BCUT2D eigenvalue weighted by Gasteiger charge is -2.13. The van der Waals surface area contributed by atoms with Crippen LogP contribution in [-0.4, -0.2) is 18.8 Å². The quantitative estimate of drug-likeness (QED) is 0.846. The molecule has 21 heavy (non-hydrogen) atoms. The van der Waals surface area contributed by atoms with Gasteiger partial charge in [-0.3, -0.25) is 0 Å². The smallest absolute Gasteiger partial charge is 0.119 e. The van der Waals surface area contributed by atoms with Gasteiger partial charge in [0.05, 0.1) is 6.61 Å². The second kappa shape index (κ2) is 7.81. The lowest BCUT2D eigenvalue weighted by Crippen LogP contribution is -2.09. The number of benzene rings is 2. The summed E-state index contributed by atoms with van der Waals surface area (Å²) in [6, 6.07) is 15.7. The van der Waals surface area contributed by atoms with E-state index >= 15 is 0 Å². The van der Waals surface area contributed by atoms with Crippen molar-refractivity contribution >= 4 is 0 Å². The molecule has 0 aromatic heterocycles. The summed E-state index contributed by atoms with van der Waals surface area (Å²) in [7, 11) is 1.66. The van der Waals surface area contributed by atoms with Crippen molar-refractivity contribution in [3.05, 3.63) is 65.2 Å². The maximum Gasteiger partial charge on any atom is 0.119 e. The van der Waals surface area contributed by atoms with Crippen molar-refractivity contribution in [1.29, 1.82) is 0 Å². The van der Waals surface area contributed by atoms with Crippen LogP contribution < -0.4 is 4.74 Å². The largest absolute Gasteiger partial charge is 0.491 e. The average Bonchev–Trinajstić information content (AvgIpc) is 2.53. The Bertz CT molecular complexity index is 549. The molecular formula is C18H22O3. The van der Waals surface area contributed by atoms with Gasteiger partial charge in [0.25, 0.3) is 0 Å². The second-order valence-electron chi connectivity index (χ2n) is 5.00. The molecule has 0 amide bonds. The monoisotopic (exact) mass is 286 g/mol. The fraction of sp³-hybridized carbons (Fsp3) is 0.333. The van der Waals surface area contributed by atoms with Gasteiger partial charge in [0, 0.05) is 7.11 Å². The van der Waals surface area contributed by atoms with Gasteiger partial charge in [-0.15, -0.1) is 0 Å². The summed E-state index contributed by atoms with van der Waals surface area (Å²) in [6.07, 6.45) is 0.376. The van der Waals surface area contributed by atoms with Crippen LogP contribution in [0.15, 0.2) is 48.5 Å². The van der Waals surface area contributed by atoms with Crippen molar-refractivity contribution in [3.63, 3.8) is 0 Å². The highest BCUT2D eigenvalue weighted by Gasteiger charge is 2.08. The first kappa shape index (κ1) is 15.5. The molecule has 0 aliphatic rings. The molecule has 1 atom stereocenters. The Morgan fingerprint density at radius 3 is 2.48 bits per heavy atom. The van der Waals surface area contributed by atoms with Crippen LogP contribution in [0.4, 0.5) is 0 Å². The molecule has 3 nitrogen and oxygen atoms in total. The second-order valence-corrected chi connectivity index (χ2v) is 5.00. The summed E-state index contributed by atoms with van der Waals surface area (Å²) >= 11 is 0. The number of aryl methyl sites for hydroxylation is 1. The molecule has 0 bridgehead atoms. The highest BCUT2D eigenvalue weighted by Crippen LogP contribution is 2.18. The van der Waals surface area contributed by atoms with Crippen LogP contribution in [0.25, 0.3) is 0 Å². The van der Waals surface area contributed by atoms with Gasteiger partial charge in [-0.25, -0.2) is 0 Å². The Labute approximate surface area is 126 Å². The molecule has 0 aliphatic heterocycles. The summed E-state index contributed by atoms with van der Waals surface area (Å²) in [5, 5.41) is 10.2. The van der Waals surface area contributed by atoms with Crippen LogP contribution in [0.2, 0.25) is 0 Å². The lowest BCUT2D eigenvalue weighted by atomic mass is 10.1. The molecule has 0 radical (unpaired) electrons. The van der Waals surface area contributed by atoms with E-state index in [2.05, 4.69) is 6.92 Å². The molecule has 2 aromatic rings. The van der Waals surface area contributed by atoms with Crippen molar-refractivity contribution < 1.29 is 14.6 Å². The fourth-order valence-electron chi connectivity index (χ4n) is 2.14. The maximum atomic E-state index is 10.2. The van der Waals surface area contributed by atoms with Crippen LogP contribution in [0.1, 0.15) is 29.7 Å². The zero-order chi connectivity index (χ0) is 15.1. The number of methoxy groups -OCH3 is 1. The highest BCUT2D eigenvalue weighted by atomic mass is 16.5. The van der Waals surface area contributed by atoms with Crippen LogP contribution >= 0.6 is 0 Å². The Balaban J connectivity index is 1.93. The molecule has 0 spiro atoms. The molecule has 2 rings (SSSR count). The summed E-state index contributed by atoms with van der Waals surface area (Å²) in [6.45, 7) is 2.90. The molecule has 112 valence electrons. The number of ether oxygens (including phenoxy) is 2. The van der Waals surface area contributed by atoms with Crippen LogP contribution in [0, 0.1) is 0 Å². The first-order chi connectivity index (χ1) is 10.2. The minimum atomic E-state index is -0.623. The summed E-state index contributed by atoms with van der Waals surface area (Å²) in [5.41, 5.74) is 3.19. The Morgan fingerprint density at radius 1 is 1.05 bits per heavy atom. The molecule has 1 unspecified atom stereocenters. The van der Waals surface area contributed by atoms with Gasteiger partial charge in [-0.2, -0.15) is 0 Å². The van der Waals surface area contributed by atoms with Crippen molar-refractivity contribution in [2.75, 3.05) is 13.7 Å². The van der Waals surface area contributed by atoms with Gasteiger partial charge in [-0.05, 0) is 35.2 Å². The van der Waals surface area contributed by atoms with E-state index < -0.39 is 6.10 Å². The van der Waals surface area contributed by atoms with Gasteiger partial charge in [0.2, 0.25) is 0 Å². The van der Waals surface area contributed by atoms with Gasteiger partial charge < -0.3 is 14.6 Å². The minimum Gasteiger partial charge on any atom is -0.491 e. The molecule has 0 saturated carbocycles. The van der Waals surface area contributed by atoms with Gasteiger partial charge >= 0.3 is 0 Å². The van der Waals surface area contributed by atoms with E-state index in [1.165, 1.54) is 5.56 Å². The predicted molar refractivity (Wildman–Crippen MR) is 83.4 cm³/mol. The summed E-state index contributed by atoms with van der Waals surface area (Å²) in [4.78, 5) is 0. The molecule has 0 heterocycles. The van der Waals surface area contributed by atoms with Gasteiger partial charge in [0.1, 0.15) is 18.5 Å². The molecule has 0 fully saturated rings.